The molecule has 3 aromatic rings. The zero-order valence-electron chi connectivity index (χ0n) is 17.5. The fraction of sp³-hybridized carbons (Fsp3) is 0.238. The standard InChI is InChI=1S/C21H22N6O4/c1-11-16(19(22)28)17(12-5-7-23-8-6-12)27-21(24-11)25-20(26-27)13-9-14(29-2)18(31-4)15(10-13)30-3/h5-10,17H,1-4H3,(H2,22,28)(H,24,25,26)/t17-/m1/s1. The number of aromatic nitrogens is 4. The van der Waals surface area contributed by atoms with Gasteiger partial charge in [0.25, 0.3) is 0 Å². The summed E-state index contributed by atoms with van der Waals surface area (Å²) in [7, 11) is 4.62. The molecular formula is C21H22N6O4. The fourth-order valence-corrected chi connectivity index (χ4v) is 3.66. The molecule has 1 aromatic carbocycles. The number of benzene rings is 1. The summed E-state index contributed by atoms with van der Waals surface area (Å²) in [4.78, 5) is 21.0. The number of nitrogens with two attached hydrogens (primary N) is 1. The number of pyridine rings is 1. The smallest absolute Gasteiger partial charge is 0.248 e. The number of nitrogens with zero attached hydrogens (tertiary/aromatic N) is 4. The lowest BCUT2D eigenvalue weighted by molar-refractivity contribution is -0.115. The number of ether oxygens (including phenoxy) is 3. The van der Waals surface area contributed by atoms with Crippen LogP contribution in [0, 0.1) is 0 Å². The van der Waals surface area contributed by atoms with Gasteiger partial charge in [-0.2, -0.15) is 4.98 Å². The molecule has 2 aromatic heterocycles. The van der Waals surface area contributed by atoms with E-state index >= 15 is 0 Å². The number of allylic oxidation sites excluding steroid dienone is 1. The number of nitrogens with one attached hydrogen (secondary N) is 1. The fourth-order valence-electron chi connectivity index (χ4n) is 3.66. The van der Waals surface area contributed by atoms with Gasteiger partial charge in [0, 0.05) is 23.7 Å². The highest BCUT2D eigenvalue weighted by Crippen LogP contribution is 2.42. The van der Waals surface area contributed by atoms with Gasteiger partial charge < -0.3 is 25.3 Å². The normalized spacial score (nSPS) is 15.2. The third kappa shape index (κ3) is 3.41. The van der Waals surface area contributed by atoms with E-state index < -0.39 is 11.9 Å². The van der Waals surface area contributed by atoms with Gasteiger partial charge in [0.1, 0.15) is 6.04 Å². The maximum absolute atomic E-state index is 12.3. The average molecular weight is 422 g/mol. The summed E-state index contributed by atoms with van der Waals surface area (Å²) in [5.74, 6) is 1.79. The first kappa shape index (κ1) is 20.2. The minimum atomic E-state index is -0.542. The summed E-state index contributed by atoms with van der Waals surface area (Å²) in [5.41, 5.74) is 8.20. The molecule has 0 aliphatic carbocycles. The van der Waals surface area contributed by atoms with E-state index in [1.807, 2.05) is 12.1 Å². The van der Waals surface area contributed by atoms with Crippen molar-refractivity contribution in [3.63, 3.8) is 0 Å². The number of anilines is 1. The zero-order valence-corrected chi connectivity index (χ0v) is 17.5. The number of fused-ring (bicyclic) bond motifs is 1. The van der Waals surface area contributed by atoms with Gasteiger partial charge in [-0.1, -0.05) is 0 Å². The van der Waals surface area contributed by atoms with E-state index in [0.29, 0.717) is 45.9 Å². The predicted molar refractivity (Wildman–Crippen MR) is 113 cm³/mol. The highest BCUT2D eigenvalue weighted by molar-refractivity contribution is 5.95. The Labute approximate surface area is 178 Å². The Morgan fingerprint density at radius 1 is 1.10 bits per heavy atom. The Balaban J connectivity index is 1.88. The minimum Gasteiger partial charge on any atom is -0.493 e. The number of rotatable bonds is 6. The second-order valence-electron chi connectivity index (χ2n) is 6.83. The van der Waals surface area contributed by atoms with Crippen molar-refractivity contribution in [2.24, 2.45) is 5.73 Å². The van der Waals surface area contributed by atoms with Crippen LogP contribution in [0.2, 0.25) is 0 Å². The van der Waals surface area contributed by atoms with E-state index in [1.165, 1.54) is 7.11 Å². The SMILES string of the molecule is COc1cc(-c2nc3n(n2)[C@H](c2ccncc2)C(C(N)=O)=C(C)N3)cc(OC)c1OC. The molecule has 3 heterocycles. The van der Waals surface area contributed by atoms with Crippen LogP contribution in [0.3, 0.4) is 0 Å². The number of methoxy groups -OCH3 is 3. The Morgan fingerprint density at radius 3 is 2.29 bits per heavy atom. The molecule has 10 nitrogen and oxygen atoms in total. The highest BCUT2D eigenvalue weighted by Gasteiger charge is 2.33. The van der Waals surface area contributed by atoms with Crippen LogP contribution in [-0.2, 0) is 4.79 Å². The molecule has 0 saturated heterocycles. The second kappa shape index (κ2) is 7.98. The summed E-state index contributed by atoms with van der Waals surface area (Å²) >= 11 is 0. The Bertz CT molecular complexity index is 1150. The van der Waals surface area contributed by atoms with Crippen molar-refractivity contribution in [1.29, 1.82) is 0 Å². The van der Waals surface area contributed by atoms with Crippen LogP contribution in [0.1, 0.15) is 18.5 Å². The average Bonchev–Trinajstić information content (AvgIpc) is 3.20. The van der Waals surface area contributed by atoms with Crippen LogP contribution in [0.5, 0.6) is 17.2 Å². The van der Waals surface area contributed by atoms with Crippen molar-refractivity contribution in [2.75, 3.05) is 26.6 Å². The Kier molecular flexibility index (Phi) is 5.20. The van der Waals surface area contributed by atoms with Crippen LogP contribution >= 0.6 is 0 Å². The third-order valence-electron chi connectivity index (χ3n) is 5.06. The summed E-state index contributed by atoms with van der Waals surface area (Å²) in [5, 5.41) is 7.81. The van der Waals surface area contributed by atoms with Crippen molar-refractivity contribution < 1.29 is 19.0 Å². The Hall–Kier alpha value is -4.08. The lowest BCUT2D eigenvalue weighted by Gasteiger charge is -2.27. The van der Waals surface area contributed by atoms with E-state index in [9.17, 15) is 4.79 Å². The van der Waals surface area contributed by atoms with Crippen molar-refractivity contribution in [2.45, 2.75) is 13.0 Å². The minimum absolute atomic E-state index is 0.403. The van der Waals surface area contributed by atoms with Gasteiger partial charge in [-0.15, -0.1) is 5.10 Å². The molecule has 160 valence electrons. The first-order valence-electron chi connectivity index (χ1n) is 9.43. The topological polar surface area (TPSA) is 126 Å². The number of carbonyl (C=O) groups is 1. The van der Waals surface area contributed by atoms with Crippen LogP contribution < -0.4 is 25.3 Å². The van der Waals surface area contributed by atoms with Gasteiger partial charge in [-0.3, -0.25) is 9.78 Å². The zero-order chi connectivity index (χ0) is 22.1. The second-order valence-corrected chi connectivity index (χ2v) is 6.83. The van der Waals surface area contributed by atoms with Gasteiger partial charge >= 0.3 is 0 Å². The van der Waals surface area contributed by atoms with Crippen LogP contribution in [0.25, 0.3) is 11.4 Å². The molecule has 1 amide bonds. The van der Waals surface area contributed by atoms with Gasteiger partial charge in [-0.05, 0) is 36.8 Å². The summed E-state index contributed by atoms with van der Waals surface area (Å²) in [6, 6.07) is 6.62. The molecule has 1 atom stereocenters. The third-order valence-corrected chi connectivity index (χ3v) is 5.06. The molecule has 1 aliphatic rings. The number of primary amides is 1. The number of hydrogen-bond donors (Lipinski definition) is 2. The van der Waals surface area contributed by atoms with Crippen molar-refractivity contribution in [1.82, 2.24) is 19.7 Å². The van der Waals surface area contributed by atoms with Crippen LogP contribution in [-0.4, -0.2) is 47.0 Å². The molecule has 0 saturated carbocycles. The molecule has 0 radical (unpaired) electrons. The monoisotopic (exact) mass is 422 g/mol. The molecule has 0 bridgehead atoms. The predicted octanol–water partition coefficient (Wildman–Crippen LogP) is 2.14. The van der Waals surface area contributed by atoms with Crippen molar-refractivity contribution in [3.8, 4) is 28.6 Å². The van der Waals surface area contributed by atoms with Gasteiger partial charge in [0.2, 0.25) is 17.6 Å². The van der Waals surface area contributed by atoms with Gasteiger partial charge in [0.05, 0.1) is 26.9 Å². The molecule has 0 spiro atoms. The van der Waals surface area contributed by atoms with Crippen LogP contribution in [0.4, 0.5) is 5.95 Å². The Morgan fingerprint density at radius 2 is 1.74 bits per heavy atom. The molecule has 0 unspecified atom stereocenters. The van der Waals surface area contributed by atoms with Crippen LogP contribution in [0.15, 0.2) is 47.9 Å². The lowest BCUT2D eigenvalue weighted by Crippen LogP contribution is -2.31. The van der Waals surface area contributed by atoms with Crippen molar-refractivity contribution in [3.05, 3.63) is 53.5 Å². The molecular weight excluding hydrogens is 400 g/mol. The van der Waals surface area contributed by atoms with E-state index in [1.54, 1.807) is 50.4 Å². The summed E-state index contributed by atoms with van der Waals surface area (Å²) < 4.78 is 17.9. The first-order valence-corrected chi connectivity index (χ1v) is 9.43. The van der Waals surface area contributed by atoms with E-state index in [4.69, 9.17) is 19.9 Å². The molecule has 4 rings (SSSR count). The molecule has 0 fully saturated rings. The maximum atomic E-state index is 12.3. The van der Waals surface area contributed by atoms with E-state index in [-0.39, 0.29) is 0 Å². The van der Waals surface area contributed by atoms with Crippen molar-refractivity contribution >= 4 is 11.9 Å². The molecule has 10 heteroatoms. The summed E-state index contributed by atoms with van der Waals surface area (Å²) in [6.07, 6.45) is 3.31. The molecule has 1 aliphatic heterocycles. The highest BCUT2D eigenvalue weighted by atomic mass is 16.5. The van der Waals surface area contributed by atoms with E-state index in [2.05, 4.69) is 20.4 Å². The van der Waals surface area contributed by atoms with Gasteiger partial charge in [0.15, 0.2) is 17.3 Å². The maximum Gasteiger partial charge on any atom is 0.248 e. The number of carbonyl (C=O) groups excluding carboxylic acids is 1. The number of hydrogen-bond acceptors (Lipinski definition) is 8. The first-order chi connectivity index (χ1) is 15.0. The van der Waals surface area contributed by atoms with Gasteiger partial charge in [-0.25, -0.2) is 4.68 Å². The molecule has 3 N–H and O–H groups in total. The molecule has 31 heavy (non-hydrogen) atoms. The largest absolute Gasteiger partial charge is 0.493 e. The number of amides is 1. The summed E-state index contributed by atoms with van der Waals surface area (Å²) in [6.45, 7) is 1.78. The van der Waals surface area contributed by atoms with E-state index in [0.717, 1.165) is 5.56 Å². The lowest BCUT2D eigenvalue weighted by atomic mass is 9.96. The quantitative estimate of drug-likeness (QED) is 0.619.